The van der Waals surface area contributed by atoms with Crippen LogP contribution < -0.4 is 10.8 Å². The highest BCUT2D eigenvalue weighted by Gasteiger charge is 2.28. The number of hydrogen-bond acceptors (Lipinski definition) is 8. The highest BCUT2D eigenvalue weighted by atomic mass is 19.1. The molecule has 0 bridgehead atoms. The Morgan fingerprint density at radius 3 is 2.87 bits per heavy atom. The lowest BCUT2D eigenvalue weighted by Gasteiger charge is -2.16. The van der Waals surface area contributed by atoms with Crippen molar-refractivity contribution in [1.29, 1.82) is 0 Å². The molecule has 2 N–H and O–H groups in total. The molecule has 0 spiro atoms. The minimum Gasteiger partial charge on any atom is -0.363 e. The van der Waals surface area contributed by atoms with Gasteiger partial charge in [-0.3, -0.25) is 9.97 Å². The van der Waals surface area contributed by atoms with Crippen molar-refractivity contribution in [2.75, 3.05) is 5.32 Å². The summed E-state index contributed by atoms with van der Waals surface area (Å²) >= 11 is 0. The number of nitrogens with one attached hydrogen (secondary N) is 2. The monoisotopic (exact) mass is 406 g/mol. The fraction of sp³-hybridized carbons (Fsp3) is 0.250. The summed E-state index contributed by atoms with van der Waals surface area (Å²) in [6, 6.07) is 4.39. The second-order valence-electron chi connectivity index (χ2n) is 7.54. The highest BCUT2D eigenvalue weighted by molar-refractivity contribution is 6.03. The Balaban J connectivity index is 1.50. The van der Waals surface area contributed by atoms with E-state index in [4.69, 9.17) is 4.84 Å². The van der Waals surface area contributed by atoms with E-state index in [0.717, 1.165) is 5.56 Å². The van der Waals surface area contributed by atoms with Crippen molar-refractivity contribution in [3.8, 4) is 0 Å². The Morgan fingerprint density at radius 1 is 1.23 bits per heavy atom. The first-order valence-corrected chi connectivity index (χ1v) is 9.45. The van der Waals surface area contributed by atoms with Gasteiger partial charge in [-0.15, -0.1) is 0 Å². The Morgan fingerprint density at radius 2 is 2.07 bits per heavy atom. The van der Waals surface area contributed by atoms with E-state index in [1.54, 1.807) is 35.4 Å². The normalized spacial score (nSPS) is 16.5. The summed E-state index contributed by atoms with van der Waals surface area (Å²) in [6.45, 7) is 5.63. The van der Waals surface area contributed by atoms with Crippen LogP contribution in [0.4, 0.5) is 10.2 Å². The summed E-state index contributed by atoms with van der Waals surface area (Å²) in [4.78, 5) is 23.2. The zero-order valence-electron chi connectivity index (χ0n) is 16.6. The number of anilines is 1. The Bertz CT molecular complexity index is 1300. The largest absolute Gasteiger partial charge is 0.363 e. The number of halogens is 1. The summed E-state index contributed by atoms with van der Waals surface area (Å²) in [5.74, 6) is 0.817. The lowest BCUT2D eigenvalue weighted by molar-refractivity contribution is -0.0269. The van der Waals surface area contributed by atoms with Crippen LogP contribution in [0.15, 0.2) is 48.0 Å². The van der Waals surface area contributed by atoms with Crippen LogP contribution in [-0.4, -0.2) is 36.1 Å². The van der Waals surface area contributed by atoms with Gasteiger partial charge in [-0.25, -0.2) is 29.2 Å². The fourth-order valence-corrected chi connectivity index (χ4v) is 3.42. The first kappa shape index (κ1) is 18.4. The van der Waals surface area contributed by atoms with Gasteiger partial charge in [0.15, 0.2) is 17.2 Å². The smallest absolute Gasteiger partial charge is 0.182 e. The molecular formula is C20H19FN8O. The molecule has 1 aromatic carbocycles. The summed E-state index contributed by atoms with van der Waals surface area (Å²) < 4.78 is 15.8. The molecule has 0 fully saturated rings. The number of fused-ring (bicyclic) bond motifs is 2. The van der Waals surface area contributed by atoms with Crippen LogP contribution in [0.3, 0.4) is 0 Å². The van der Waals surface area contributed by atoms with Crippen molar-refractivity contribution in [3.63, 3.8) is 0 Å². The maximum atomic E-state index is 14.1. The van der Waals surface area contributed by atoms with Crippen LogP contribution in [0.1, 0.15) is 37.9 Å². The third kappa shape index (κ3) is 3.20. The minimum atomic E-state index is -0.659. The van der Waals surface area contributed by atoms with E-state index in [-0.39, 0.29) is 11.9 Å². The SMILES string of the molecule is CC(Nc1ccn2ncc(C3=NC(C)(C)ON3)c2n1)c1cc(F)cc2nccnc12. The highest BCUT2D eigenvalue weighted by Crippen LogP contribution is 2.26. The van der Waals surface area contributed by atoms with Crippen LogP contribution in [0.25, 0.3) is 16.7 Å². The van der Waals surface area contributed by atoms with Gasteiger partial charge in [0.25, 0.3) is 0 Å². The second-order valence-corrected chi connectivity index (χ2v) is 7.54. The molecule has 1 aliphatic heterocycles. The summed E-state index contributed by atoms with van der Waals surface area (Å²) in [5, 5.41) is 7.64. The predicted octanol–water partition coefficient (Wildman–Crippen LogP) is 3.00. The van der Waals surface area contributed by atoms with Crippen molar-refractivity contribution in [1.82, 2.24) is 30.0 Å². The van der Waals surface area contributed by atoms with Gasteiger partial charge >= 0.3 is 0 Å². The zero-order valence-corrected chi connectivity index (χ0v) is 16.6. The molecule has 5 rings (SSSR count). The van der Waals surface area contributed by atoms with Gasteiger partial charge in [-0.2, -0.15) is 5.10 Å². The maximum absolute atomic E-state index is 14.1. The van der Waals surface area contributed by atoms with Gasteiger partial charge in [-0.1, -0.05) is 0 Å². The number of hydroxylamine groups is 1. The van der Waals surface area contributed by atoms with Crippen LogP contribution >= 0.6 is 0 Å². The van der Waals surface area contributed by atoms with E-state index >= 15 is 0 Å². The van der Waals surface area contributed by atoms with Crippen LogP contribution in [0, 0.1) is 5.82 Å². The van der Waals surface area contributed by atoms with E-state index in [0.29, 0.717) is 33.9 Å². The summed E-state index contributed by atoms with van der Waals surface area (Å²) in [7, 11) is 0. The molecule has 1 aliphatic rings. The maximum Gasteiger partial charge on any atom is 0.182 e. The number of hydrogen-bond donors (Lipinski definition) is 2. The lowest BCUT2D eigenvalue weighted by atomic mass is 10.1. The molecule has 0 radical (unpaired) electrons. The van der Waals surface area contributed by atoms with Crippen LogP contribution in [-0.2, 0) is 4.84 Å². The molecule has 4 heterocycles. The average Bonchev–Trinajstić information content (AvgIpc) is 3.29. The van der Waals surface area contributed by atoms with Crippen molar-refractivity contribution in [2.24, 2.45) is 4.99 Å². The number of rotatable bonds is 4. The Hall–Kier alpha value is -3.66. The first-order chi connectivity index (χ1) is 14.4. The van der Waals surface area contributed by atoms with E-state index in [1.807, 2.05) is 20.8 Å². The van der Waals surface area contributed by atoms with E-state index in [1.165, 1.54) is 12.1 Å². The molecule has 0 saturated carbocycles. The van der Waals surface area contributed by atoms with Gasteiger partial charge in [0, 0.05) is 30.2 Å². The molecule has 1 unspecified atom stereocenters. The molecule has 0 amide bonds. The summed E-state index contributed by atoms with van der Waals surface area (Å²) in [5.41, 5.74) is 5.37. The predicted molar refractivity (Wildman–Crippen MR) is 109 cm³/mol. The quantitative estimate of drug-likeness (QED) is 0.537. The van der Waals surface area contributed by atoms with Crippen LogP contribution in [0.5, 0.6) is 0 Å². The second kappa shape index (κ2) is 6.70. The fourth-order valence-electron chi connectivity index (χ4n) is 3.42. The van der Waals surface area contributed by atoms with Crippen molar-refractivity contribution < 1.29 is 9.23 Å². The molecule has 30 heavy (non-hydrogen) atoms. The zero-order chi connectivity index (χ0) is 20.9. The molecular weight excluding hydrogens is 387 g/mol. The summed E-state index contributed by atoms with van der Waals surface area (Å²) in [6.07, 6.45) is 6.62. The third-order valence-corrected chi connectivity index (χ3v) is 4.80. The Kier molecular flexibility index (Phi) is 4.10. The van der Waals surface area contributed by atoms with Crippen LogP contribution in [0.2, 0.25) is 0 Å². The third-order valence-electron chi connectivity index (χ3n) is 4.80. The van der Waals surface area contributed by atoms with Gasteiger partial charge in [0.2, 0.25) is 0 Å². The van der Waals surface area contributed by atoms with Gasteiger partial charge in [-0.05, 0) is 32.9 Å². The Labute approximate surface area is 171 Å². The molecule has 1 atom stereocenters. The van der Waals surface area contributed by atoms with E-state index in [9.17, 15) is 4.39 Å². The average molecular weight is 406 g/mol. The van der Waals surface area contributed by atoms with Gasteiger partial charge in [0.05, 0.1) is 28.8 Å². The first-order valence-electron chi connectivity index (χ1n) is 9.45. The molecule has 152 valence electrons. The number of aromatic nitrogens is 5. The van der Waals surface area contributed by atoms with E-state index < -0.39 is 5.72 Å². The van der Waals surface area contributed by atoms with Gasteiger partial charge < -0.3 is 5.32 Å². The number of aliphatic imine (C=N–C) groups is 1. The molecule has 4 aromatic rings. The van der Waals surface area contributed by atoms with Gasteiger partial charge in [0.1, 0.15) is 11.6 Å². The lowest BCUT2D eigenvalue weighted by Crippen LogP contribution is -2.23. The molecule has 0 saturated heterocycles. The molecule has 10 heteroatoms. The van der Waals surface area contributed by atoms with Crippen molar-refractivity contribution in [3.05, 3.63) is 59.9 Å². The topological polar surface area (TPSA) is 102 Å². The minimum absolute atomic E-state index is 0.259. The molecule has 9 nitrogen and oxygen atoms in total. The van der Waals surface area contributed by atoms with Crippen molar-refractivity contribution >= 4 is 28.3 Å². The van der Waals surface area contributed by atoms with Crippen molar-refractivity contribution in [2.45, 2.75) is 32.5 Å². The standard InChI is InChI=1S/C20H19FN8O/c1-11(13-8-12(21)9-15-17(13)23-6-5-22-15)25-16-4-7-29-19(26-16)14(10-24-29)18-27-20(2,3)30-28-18/h4-11H,1-3H3,(H,25,26)(H,27,28). The number of benzene rings is 1. The van der Waals surface area contributed by atoms with E-state index in [2.05, 4.69) is 35.8 Å². The molecule has 3 aromatic heterocycles. The molecule has 0 aliphatic carbocycles. The number of nitrogens with zero attached hydrogens (tertiary/aromatic N) is 6. The number of amidine groups is 1.